The van der Waals surface area contributed by atoms with Gasteiger partial charge in [-0.25, -0.2) is 0 Å². The Labute approximate surface area is 92.5 Å². The molecule has 0 fully saturated rings. The standard InChI is InChI=1S/C14H20O/c1-4-12(5-2)14(15)11(3)13-9-7-6-8-10-13/h6-12H,4-5H2,1-3H3. The first-order valence-corrected chi connectivity index (χ1v) is 5.79. The average molecular weight is 204 g/mol. The van der Waals surface area contributed by atoms with Crippen molar-refractivity contribution in [2.24, 2.45) is 5.92 Å². The van der Waals surface area contributed by atoms with Crippen LogP contribution < -0.4 is 0 Å². The first-order valence-electron chi connectivity index (χ1n) is 5.79. The summed E-state index contributed by atoms with van der Waals surface area (Å²) in [4.78, 5) is 12.1. The molecule has 0 heterocycles. The van der Waals surface area contributed by atoms with E-state index in [1.165, 1.54) is 0 Å². The molecule has 1 nitrogen and oxygen atoms in total. The van der Waals surface area contributed by atoms with Gasteiger partial charge in [0.15, 0.2) is 0 Å². The van der Waals surface area contributed by atoms with E-state index in [9.17, 15) is 4.79 Å². The third-order valence-electron chi connectivity index (χ3n) is 3.11. The van der Waals surface area contributed by atoms with Crippen molar-refractivity contribution in [3.63, 3.8) is 0 Å². The van der Waals surface area contributed by atoms with Crippen molar-refractivity contribution in [3.05, 3.63) is 35.9 Å². The van der Waals surface area contributed by atoms with Gasteiger partial charge in [-0.15, -0.1) is 0 Å². The number of rotatable bonds is 5. The lowest BCUT2D eigenvalue weighted by molar-refractivity contribution is -0.124. The highest BCUT2D eigenvalue weighted by Crippen LogP contribution is 2.22. The van der Waals surface area contributed by atoms with Crippen LogP contribution in [-0.4, -0.2) is 5.78 Å². The van der Waals surface area contributed by atoms with Crippen LogP contribution in [0.5, 0.6) is 0 Å². The molecular weight excluding hydrogens is 184 g/mol. The van der Waals surface area contributed by atoms with E-state index in [4.69, 9.17) is 0 Å². The molecule has 1 heteroatoms. The van der Waals surface area contributed by atoms with Crippen molar-refractivity contribution in [3.8, 4) is 0 Å². The van der Waals surface area contributed by atoms with E-state index in [2.05, 4.69) is 13.8 Å². The number of carbonyl (C=O) groups excluding carboxylic acids is 1. The fraction of sp³-hybridized carbons (Fsp3) is 0.500. The van der Waals surface area contributed by atoms with Gasteiger partial charge in [0.1, 0.15) is 5.78 Å². The third-order valence-corrected chi connectivity index (χ3v) is 3.11. The van der Waals surface area contributed by atoms with Crippen LogP contribution in [0, 0.1) is 5.92 Å². The fourth-order valence-electron chi connectivity index (χ4n) is 1.95. The van der Waals surface area contributed by atoms with Gasteiger partial charge in [0.2, 0.25) is 0 Å². The van der Waals surface area contributed by atoms with Gasteiger partial charge in [0.05, 0.1) is 0 Å². The molecule has 0 saturated heterocycles. The summed E-state index contributed by atoms with van der Waals surface area (Å²) in [5, 5.41) is 0. The number of hydrogen-bond donors (Lipinski definition) is 0. The molecule has 0 radical (unpaired) electrons. The van der Waals surface area contributed by atoms with Gasteiger partial charge in [-0.1, -0.05) is 51.1 Å². The highest BCUT2D eigenvalue weighted by atomic mass is 16.1. The summed E-state index contributed by atoms with van der Waals surface area (Å²) < 4.78 is 0. The van der Waals surface area contributed by atoms with E-state index in [0.29, 0.717) is 5.78 Å². The lowest BCUT2D eigenvalue weighted by Crippen LogP contribution is -2.19. The normalized spacial score (nSPS) is 12.8. The SMILES string of the molecule is CCC(CC)C(=O)C(C)c1ccccc1. The van der Waals surface area contributed by atoms with Crippen LogP contribution in [0.1, 0.15) is 45.1 Å². The third kappa shape index (κ3) is 2.92. The van der Waals surface area contributed by atoms with E-state index in [0.717, 1.165) is 18.4 Å². The zero-order valence-electron chi connectivity index (χ0n) is 9.86. The molecule has 0 saturated carbocycles. The largest absolute Gasteiger partial charge is 0.299 e. The molecule has 1 atom stereocenters. The van der Waals surface area contributed by atoms with Gasteiger partial charge in [-0.05, 0) is 18.4 Å². The zero-order chi connectivity index (χ0) is 11.3. The second-order valence-electron chi connectivity index (χ2n) is 4.05. The predicted octanol–water partition coefficient (Wildman–Crippen LogP) is 3.80. The number of carbonyl (C=O) groups is 1. The Hall–Kier alpha value is -1.11. The summed E-state index contributed by atoms with van der Waals surface area (Å²) in [6.07, 6.45) is 1.90. The molecule has 0 N–H and O–H groups in total. The van der Waals surface area contributed by atoms with Crippen molar-refractivity contribution in [2.45, 2.75) is 39.5 Å². The van der Waals surface area contributed by atoms with Crippen LogP contribution in [0.2, 0.25) is 0 Å². The summed E-state index contributed by atoms with van der Waals surface area (Å²) in [6, 6.07) is 10.0. The number of hydrogen-bond acceptors (Lipinski definition) is 1. The highest BCUT2D eigenvalue weighted by Gasteiger charge is 2.21. The smallest absolute Gasteiger partial charge is 0.143 e. The highest BCUT2D eigenvalue weighted by molar-refractivity contribution is 5.87. The van der Waals surface area contributed by atoms with Crippen LogP contribution in [0.3, 0.4) is 0 Å². The fourth-order valence-corrected chi connectivity index (χ4v) is 1.95. The maximum absolute atomic E-state index is 12.1. The molecule has 1 rings (SSSR count). The van der Waals surface area contributed by atoms with E-state index >= 15 is 0 Å². The minimum absolute atomic E-state index is 0.0381. The lowest BCUT2D eigenvalue weighted by atomic mass is 9.86. The Balaban J connectivity index is 2.76. The molecule has 0 aliphatic carbocycles. The van der Waals surface area contributed by atoms with Gasteiger partial charge in [-0.3, -0.25) is 4.79 Å². The van der Waals surface area contributed by atoms with Crippen molar-refractivity contribution in [1.82, 2.24) is 0 Å². The Kier molecular flexibility index (Phi) is 4.54. The molecule has 0 aliphatic rings. The molecule has 0 amide bonds. The van der Waals surface area contributed by atoms with Crippen LogP contribution in [0.4, 0.5) is 0 Å². The molecule has 1 aromatic carbocycles. The number of Topliss-reactive ketones (excluding diaryl/α,β-unsaturated/α-hetero) is 1. The van der Waals surface area contributed by atoms with Crippen LogP contribution in [-0.2, 0) is 4.79 Å². The molecule has 0 aromatic heterocycles. The van der Waals surface area contributed by atoms with E-state index in [1.807, 2.05) is 37.3 Å². The monoisotopic (exact) mass is 204 g/mol. The maximum Gasteiger partial charge on any atom is 0.143 e. The van der Waals surface area contributed by atoms with Gasteiger partial charge < -0.3 is 0 Å². The zero-order valence-corrected chi connectivity index (χ0v) is 9.86. The first-order chi connectivity index (χ1) is 7.20. The molecule has 1 aromatic rings. The van der Waals surface area contributed by atoms with Crippen molar-refractivity contribution >= 4 is 5.78 Å². The maximum atomic E-state index is 12.1. The summed E-state index contributed by atoms with van der Waals surface area (Å²) >= 11 is 0. The van der Waals surface area contributed by atoms with Crippen LogP contribution >= 0.6 is 0 Å². The summed E-state index contributed by atoms with van der Waals surface area (Å²) in [7, 11) is 0. The minimum Gasteiger partial charge on any atom is -0.299 e. The molecule has 15 heavy (non-hydrogen) atoms. The summed E-state index contributed by atoms with van der Waals surface area (Å²) in [5.41, 5.74) is 1.13. The van der Waals surface area contributed by atoms with E-state index < -0.39 is 0 Å². The van der Waals surface area contributed by atoms with Crippen LogP contribution in [0.15, 0.2) is 30.3 Å². The van der Waals surface area contributed by atoms with Gasteiger partial charge >= 0.3 is 0 Å². The summed E-state index contributed by atoms with van der Waals surface area (Å²) in [5.74, 6) is 0.641. The quantitative estimate of drug-likeness (QED) is 0.713. The second kappa shape index (κ2) is 5.69. The van der Waals surface area contributed by atoms with Crippen LogP contribution in [0.25, 0.3) is 0 Å². The minimum atomic E-state index is 0.0381. The number of ketones is 1. The molecule has 0 spiro atoms. The Morgan fingerprint density at radius 1 is 1.13 bits per heavy atom. The molecule has 0 aliphatic heterocycles. The summed E-state index contributed by atoms with van der Waals surface area (Å²) in [6.45, 7) is 6.18. The lowest BCUT2D eigenvalue weighted by Gasteiger charge is -2.17. The average Bonchev–Trinajstić information content (AvgIpc) is 2.30. The van der Waals surface area contributed by atoms with Gasteiger partial charge in [0.25, 0.3) is 0 Å². The van der Waals surface area contributed by atoms with E-state index in [-0.39, 0.29) is 11.8 Å². The Bertz CT molecular complexity index is 298. The predicted molar refractivity (Wildman–Crippen MR) is 63.9 cm³/mol. The molecule has 82 valence electrons. The Morgan fingerprint density at radius 2 is 1.67 bits per heavy atom. The second-order valence-corrected chi connectivity index (χ2v) is 4.05. The molecule has 0 bridgehead atoms. The Morgan fingerprint density at radius 3 is 2.13 bits per heavy atom. The van der Waals surface area contributed by atoms with Gasteiger partial charge in [-0.2, -0.15) is 0 Å². The van der Waals surface area contributed by atoms with Crippen molar-refractivity contribution < 1.29 is 4.79 Å². The van der Waals surface area contributed by atoms with E-state index in [1.54, 1.807) is 0 Å². The topological polar surface area (TPSA) is 17.1 Å². The van der Waals surface area contributed by atoms with Gasteiger partial charge in [0, 0.05) is 11.8 Å². The molecule has 1 unspecified atom stereocenters. The first kappa shape index (κ1) is 12.0. The molecular formula is C14H20O. The van der Waals surface area contributed by atoms with Crippen molar-refractivity contribution in [2.75, 3.05) is 0 Å². The number of benzene rings is 1. The van der Waals surface area contributed by atoms with Crippen molar-refractivity contribution in [1.29, 1.82) is 0 Å².